The Labute approximate surface area is 258 Å². The number of hydrogen-bond acceptors (Lipinski definition) is 6. The van der Waals surface area contributed by atoms with Crippen LogP contribution in [0.1, 0.15) is 16.7 Å². The zero-order valence-electron chi connectivity index (χ0n) is 22.8. The van der Waals surface area contributed by atoms with E-state index in [4.69, 9.17) is 55.7 Å². The molecule has 0 saturated carbocycles. The molecule has 4 rings (SSSR count). The van der Waals surface area contributed by atoms with E-state index >= 15 is 0 Å². The van der Waals surface area contributed by atoms with Crippen LogP contribution in [0.2, 0.25) is 10.0 Å². The summed E-state index contributed by atoms with van der Waals surface area (Å²) in [4.78, 5) is 27.3. The van der Waals surface area contributed by atoms with E-state index in [1.54, 1.807) is 61.5 Å². The minimum atomic E-state index is -1.29. The molecule has 41 heavy (non-hydrogen) atoms. The Morgan fingerprint density at radius 3 is 2.20 bits per heavy atom. The number of carbonyl (C=O) groups excluding carboxylic acids is 2. The molecule has 0 spiro atoms. The molecule has 0 bridgehead atoms. The van der Waals surface area contributed by atoms with Crippen molar-refractivity contribution in [3.8, 4) is 28.3 Å². The zero-order chi connectivity index (χ0) is 29.8. The molecule has 0 aliphatic rings. The molecule has 0 aliphatic carbocycles. The number of alkyl halides is 2. The highest BCUT2D eigenvalue weighted by molar-refractivity contribution is 6.54. The molecule has 1 heterocycles. The van der Waals surface area contributed by atoms with Gasteiger partial charge in [0.05, 0.1) is 23.1 Å². The first kappa shape index (κ1) is 30.9. The van der Waals surface area contributed by atoms with Crippen molar-refractivity contribution in [1.82, 2.24) is 10.1 Å². The van der Waals surface area contributed by atoms with Crippen molar-refractivity contribution >= 4 is 64.0 Å². The summed E-state index contributed by atoms with van der Waals surface area (Å²) in [7, 11) is 3.59. The van der Waals surface area contributed by atoms with Crippen molar-refractivity contribution in [3.05, 3.63) is 87.4 Å². The van der Waals surface area contributed by atoms with E-state index in [2.05, 4.69) is 5.16 Å². The standard InChI is InChI=1S/C30H27Cl4N3O4/c1-17-11-19(12-18(2)28(17)40-26(38)16-36(3)4)15-37(30(39)29(33)34)21-8-5-7-20(13-21)25-14-24(35-41-25)27-22(31)9-6-10-23(27)32/h5-14,29H,15-16H2,1-4H3. The monoisotopic (exact) mass is 633 g/mol. The molecule has 1 amide bonds. The molecule has 0 atom stereocenters. The number of aromatic nitrogens is 1. The van der Waals surface area contributed by atoms with Gasteiger partial charge in [0.2, 0.25) is 0 Å². The molecular weight excluding hydrogens is 608 g/mol. The number of carbonyl (C=O) groups is 2. The van der Waals surface area contributed by atoms with Gasteiger partial charge in [0.25, 0.3) is 5.91 Å². The van der Waals surface area contributed by atoms with Gasteiger partial charge in [0.1, 0.15) is 11.4 Å². The van der Waals surface area contributed by atoms with Crippen LogP contribution in [0.25, 0.3) is 22.6 Å². The van der Waals surface area contributed by atoms with E-state index < -0.39 is 10.7 Å². The highest BCUT2D eigenvalue weighted by atomic mass is 35.5. The lowest BCUT2D eigenvalue weighted by molar-refractivity contribution is -0.135. The van der Waals surface area contributed by atoms with Crippen molar-refractivity contribution in [2.75, 3.05) is 25.5 Å². The summed E-state index contributed by atoms with van der Waals surface area (Å²) in [6, 6.07) is 17.8. The highest BCUT2D eigenvalue weighted by Gasteiger charge is 2.24. The van der Waals surface area contributed by atoms with Gasteiger partial charge >= 0.3 is 5.97 Å². The van der Waals surface area contributed by atoms with E-state index in [0.717, 1.165) is 16.7 Å². The number of rotatable bonds is 9. The third-order valence-corrected chi connectivity index (χ3v) is 7.15. The molecule has 0 radical (unpaired) electrons. The third kappa shape index (κ3) is 7.42. The Bertz CT molecular complexity index is 1540. The Kier molecular flexibility index (Phi) is 10.00. The van der Waals surface area contributed by atoms with Crippen LogP contribution in [-0.4, -0.2) is 47.4 Å². The number of anilines is 1. The Hall–Kier alpha value is -3.07. The quantitative estimate of drug-likeness (QED) is 0.107. The first-order valence-electron chi connectivity index (χ1n) is 12.5. The molecule has 7 nitrogen and oxygen atoms in total. The van der Waals surface area contributed by atoms with Gasteiger partial charge in [-0.25, -0.2) is 0 Å². The number of esters is 1. The number of nitrogens with zero attached hydrogens (tertiary/aromatic N) is 3. The predicted octanol–water partition coefficient (Wildman–Crippen LogP) is 7.74. The van der Waals surface area contributed by atoms with Gasteiger partial charge in [-0.1, -0.05) is 81.9 Å². The van der Waals surface area contributed by atoms with E-state index in [-0.39, 0.29) is 19.1 Å². The second-order valence-corrected chi connectivity index (χ2v) is 11.6. The van der Waals surface area contributed by atoms with Crippen LogP contribution in [0, 0.1) is 13.8 Å². The van der Waals surface area contributed by atoms with E-state index in [0.29, 0.717) is 44.1 Å². The molecule has 0 saturated heterocycles. The fourth-order valence-corrected chi connectivity index (χ4v) is 5.22. The molecule has 214 valence electrons. The van der Waals surface area contributed by atoms with Crippen molar-refractivity contribution in [3.63, 3.8) is 0 Å². The zero-order valence-corrected chi connectivity index (χ0v) is 25.8. The van der Waals surface area contributed by atoms with Crippen LogP contribution in [0.15, 0.2) is 65.2 Å². The summed E-state index contributed by atoms with van der Waals surface area (Å²) in [6.07, 6.45) is 0. The number of amides is 1. The summed E-state index contributed by atoms with van der Waals surface area (Å²) >= 11 is 24.8. The minimum Gasteiger partial charge on any atom is -0.425 e. The maximum absolute atomic E-state index is 13.2. The summed E-state index contributed by atoms with van der Waals surface area (Å²) in [5.74, 6) is 0.0901. The topological polar surface area (TPSA) is 75.9 Å². The summed E-state index contributed by atoms with van der Waals surface area (Å²) in [6.45, 7) is 4.02. The SMILES string of the molecule is Cc1cc(CN(C(=O)C(Cl)Cl)c2cccc(-c3cc(-c4c(Cl)cccc4Cl)no3)c2)cc(C)c1OC(=O)CN(C)C. The average Bonchev–Trinajstić information content (AvgIpc) is 3.38. The highest BCUT2D eigenvalue weighted by Crippen LogP contribution is 2.37. The number of hydrogen-bond donors (Lipinski definition) is 0. The average molecular weight is 635 g/mol. The van der Waals surface area contributed by atoms with Gasteiger partial charge in [0, 0.05) is 22.9 Å². The molecule has 0 N–H and O–H groups in total. The first-order chi connectivity index (χ1) is 19.4. The lowest BCUT2D eigenvalue weighted by atomic mass is 10.0. The largest absolute Gasteiger partial charge is 0.425 e. The Morgan fingerprint density at radius 2 is 1.59 bits per heavy atom. The number of aryl methyl sites for hydroxylation is 2. The normalized spacial score (nSPS) is 11.3. The van der Waals surface area contributed by atoms with Gasteiger partial charge in [-0.2, -0.15) is 0 Å². The van der Waals surface area contributed by atoms with Crippen LogP contribution in [0.4, 0.5) is 5.69 Å². The maximum atomic E-state index is 13.2. The van der Waals surface area contributed by atoms with Gasteiger partial charge < -0.3 is 14.2 Å². The minimum absolute atomic E-state index is 0.157. The number of ether oxygens (including phenoxy) is 1. The molecule has 11 heteroatoms. The molecule has 1 aromatic heterocycles. The lowest BCUT2D eigenvalue weighted by Crippen LogP contribution is -2.34. The first-order valence-corrected chi connectivity index (χ1v) is 14.1. The molecule has 0 fully saturated rings. The fourth-order valence-electron chi connectivity index (χ4n) is 4.39. The Morgan fingerprint density at radius 1 is 0.951 bits per heavy atom. The molecule has 3 aromatic carbocycles. The Balaban J connectivity index is 1.65. The predicted molar refractivity (Wildman–Crippen MR) is 164 cm³/mol. The van der Waals surface area contributed by atoms with Crippen LogP contribution in [0.3, 0.4) is 0 Å². The van der Waals surface area contributed by atoms with Crippen molar-refractivity contribution in [1.29, 1.82) is 0 Å². The van der Waals surface area contributed by atoms with Crippen LogP contribution in [0.5, 0.6) is 5.75 Å². The van der Waals surface area contributed by atoms with E-state index in [9.17, 15) is 9.59 Å². The smallest absolute Gasteiger partial charge is 0.325 e. The van der Waals surface area contributed by atoms with Gasteiger partial charge in [-0.15, -0.1) is 0 Å². The number of likely N-dealkylation sites (N-methyl/N-ethyl adjacent to an activating group) is 1. The molecule has 4 aromatic rings. The number of benzene rings is 3. The van der Waals surface area contributed by atoms with Crippen molar-refractivity contribution in [2.45, 2.75) is 25.2 Å². The van der Waals surface area contributed by atoms with Gasteiger partial charge in [-0.3, -0.25) is 14.5 Å². The van der Waals surface area contributed by atoms with E-state index in [1.807, 2.05) is 32.0 Å². The van der Waals surface area contributed by atoms with Crippen molar-refractivity contribution < 1.29 is 18.8 Å². The third-order valence-electron chi connectivity index (χ3n) is 6.15. The second-order valence-electron chi connectivity index (χ2n) is 9.72. The van der Waals surface area contributed by atoms with E-state index in [1.165, 1.54) is 4.90 Å². The molecule has 0 aliphatic heterocycles. The van der Waals surface area contributed by atoms with Crippen LogP contribution < -0.4 is 9.64 Å². The second kappa shape index (κ2) is 13.3. The summed E-state index contributed by atoms with van der Waals surface area (Å²) in [5, 5.41) is 5.04. The maximum Gasteiger partial charge on any atom is 0.325 e. The van der Waals surface area contributed by atoms with Gasteiger partial charge in [-0.05, 0) is 68.9 Å². The number of halogens is 4. The van der Waals surface area contributed by atoms with Gasteiger partial charge in [0.15, 0.2) is 10.6 Å². The summed E-state index contributed by atoms with van der Waals surface area (Å²) < 4.78 is 11.2. The summed E-state index contributed by atoms with van der Waals surface area (Å²) in [5.41, 5.74) is 4.57. The lowest BCUT2D eigenvalue weighted by Gasteiger charge is -2.25. The van der Waals surface area contributed by atoms with Crippen molar-refractivity contribution in [2.24, 2.45) is 0 Å². The fraction of sp³-hybridized carbons (Fsp3) is 0.233. The van der Waals surface area contributed by atoms with Crippen LogP contribution >= 0.6 is 46.4 Å². The van der Waals surface area contributed by atoms with Crippen LogP contribution in [-0.2, 0) is 16.1 Å². The molecule has 0 unspecified atom stereocenters. The molecular formula is C30H27Cl4N3O4.